The fourth-order valence-corrected chi connectivity index (χ4v) is 2.76. The van der Waals surface area contributed by atoms with Crippen molar-refractivity contribution in [2.24, 2.45) is 0 Å². The number of hydrogen-bond acceptors (Lipinski definition) is 4. The van der Waals surface area contributed by atoms with Crippen LogP contribution < -0.4 is 5.48 Å². The highest BCUT2D eigenvalue weighted by molar-refractivity contribution is 5.68. The molecule has 116 valence electrons. The van der Waals surface area contributed by atoms with E-state index in [1.807, 2.05) is 20.8 Å². The smallest absolute Gasteiger partial charge is 0.410 e. The van der Waals surface area contributed by atoms with E-state index in [1.165, 1.54) is 12.8 Å². The molecule has 1 amide bonds. The average molecular weight is 284 g/mol. The van der Waals surface area contributed by atoms with E-state index in [0.29, 0.717) is 12.6 Å². The molecule has 2 rings (SSSR count). The summed E-state index contributed by atoms with van der Waals surface area (Å²) in [4.78, 5) is 19.6. The van der Waals surface area contributed by atoms with Gasteiger partial charge in [0, 0.05) is 13.1 Å². The van der Waals surface area contributed by atoms with Gasteiger partial charge in [0.2, 0.25) is 0 Å². The number of nitrogens with one attached hydrogen (secondary N) is 1. The molecule has 0 aromatic carbocycles. The number of nitrogens with zero attached hydrogens (tertiary/aromatic N) is 1. The Kier molecular flexibility index (Phi) is 5.27. The van der Waals surface area contributed by atoms with Gasteiger partial charge >= 0.3 is 6.09 Å². The van der Waals surface area contributed by atoms with E-state index < -0.39 is 5.60 Å². The maximum Gasteiger partial charge on any atom is 0.410 e. The number of piperidine rings is 1. The Morgan fingerprint density at radius 3 is 2.50 bits per heavy atom. The number of ether oxygens (including phenoxy) is 1. The van der Waals surface area contributed by atoms with Crippen LogP contribution in [0.4, 0.5) is 4.79 Å². The molecule has 2 fully saturated rings. The van der Waals surface area contributed by atoms with Gasteiger partial charge in [0.25, 0.3) is 0 Å². The second-order valence-electron chi connectivity index (χ2n) is 6.91. The summed E-state index contributed by atoms with van der Waals surface area (Å²) in [6.45, 7) is 7.13. The lowest BCUT2D eigenvalue weighted by atomic mass is 10.1. The maximum atomic E-state index is 12.1. The molecule has 20 heavy (non-hydrogen) atoms. The van der Waals surface area contributed by atoms with E-state index in [2.05, 4.69) is 5.48 Å². The van der Waals surface area contributed by atoms with Gasteiger partial charge in [-0.1, -0.05) is 12.8 Å². The number of likely N-dealkylation sites (tertiary alicyclic amines) is 1. The van der Waals surface area contributed by atoms with Gasteiger partial charge in [-0.25, -0.2) is 4.79 Å². The molecule has 0 bridgehead atoms. The Morgan fingerprint density at radius 2 is 1.85 bits per heavy atom. The zero-order valence-electron chi connectivity index (χ0n) is 13.0. The molecule has 5 nitrogen and oxygen atoms in total. The number of hydroxylamine groups is 1. The minimum absolute atomic E-state index is 0.218. The Balaban J connectivity index is 1.74. The van der Waals surface area contributed by atoms with E-state index in [4.69, 9.17) is 9.57 Å². The molecule has 0 aromatic rings. The van der Waals surface area contributed by atoms with Gasteiger partial charge in [-0.3, -0.25) is 4.84 Å². The second-order valence-corrected chi connectivity index (χ2v) is 6.91. The third-order valence-electron chi connectivity index (χ3n) is 3.78. The second kappa shape index (κ2) is 6.76. The lowest BCUT2D eigenvalue weighted by Gasteiger charge is -2.34. The molecule has 5 heteroatoms. The molecule has 2 aliphatic rings. The highest BCUT2D eigenvalue weighted by Gasteiger charge is 2.28. The Morgan fingerprint density at radius 1 is 1.15 bits per heavy atom. The molecule has 1 saturated carbocycles. The first-order valence-corrected chi connectivity index (χ1v) is 7.83. The fourth-order valence-electron chi connectivity index (χ4n) is 2.76. The molecule has 1 aliphatic heterocycles. The van der Waals surface area contributed by atoms with Crippen molar-refractivity contribution in [3.63, 3.8) is 0 Å². The molecule has 1 saturated heterocycles. The van der Waals surface area contributed by atoms with Gasteiger partial charge in [0.1, 0.15) is 5.60 Å². The molecule has 1 atom stereocenters. The van der Waals surface area contributed by atoms with Crippen LogP contribution in [0.2, 0.25) is 0 Å². The molecular formula is C15H28N2O3. The van der Waals surface area contributed by atoms with Crippen molar-refractivity contribution >= 4 is 6.09 Å². The van der Waals surface area contributed by atoms with Gasteiger partial charge in [-0.15, -0.1) is 0 Å². The van der Waals surface area contributed by atoms with E-state index >= 15 is 0 Å². The van der Waals surface area contributed by atoms with E-state index in [1.54, 1.807) is 4.90 Å². The highest BCUT2D eigenvalue weighted by Crippen LogP contribution is 2.21. The summed E-state index contributed by atoms with van der Waals surface area (Å²) >= 11 is 0. The van der Waals surface area contributed by atoms with Crippen LogP contribution in [-0.2, 0) is 9.57 Å². The van der Waals surface area contributed by atoms with Gasteiger partial charge < -0.3 is 9.64 Å². The van der Waals surface area contributed by atoms with Crippen LogP contribution in [-0.4, -0.2) is 41.8 Å². The number of carbonyl (C=O) groups excluding carboxylic acids is 1. The normalized spacial score (nSPS) is 24.9. The molecular weight excluding hydrogens is 256 g/mol. The van der Waals surface area contributed by atoms with Crippen molar-refractivity contribution in [2.75, 3.05) is 13.1 Å². The predicted octanol–water partition coefficient (Wildman–Crippen LogP) is 2.85. The van der Waals surface area contributed by atoms with Gasteiger partial charge in [0.15, 0.2) is 0 Å². The van der Waals surface area contributed by atoms with Gasteiger partial charge in [-0.05, 0) is 46.5 Å². The summed E-state index contributed by atoms with van der Waals surface area (Å²) in [5, 5.41) is 0. The summed E-state index contributed by atoms with van der Waals surface area (Å²) in [6.07, 6.45) is 7.00. The Bertz CT molecular complexity index is 322. The van der Waals surface area contributed by atoms with Crippen LogP contribution in [0, 0.1) is 0 Å². The molecule has 1 unspecified atom stereocenters. The summed E-state index contributed by atoms with van der Waals surface area (Å²) in [5.74, 6) is 0. The largest absolute Gasteiger partial charge is 0.444 e. The van der Waals surface area contributed by atoms with E-state index in [9.17, 15) is 4.79 Å². The number of carbonyl (C=O) groups is 1. The minimum Gasteiger partial charge on any atom is -0.444 e. The molecule has 0 radical (unpaired) electrons. The SMILES string of the molecule is CC(C)(C)OC(=O)N1CCCC(NOC2CCCC2)C1. The molecule has 0 aromatic heterocycles. The molecule has 1 aliphatic carbocycles. The zero-order valence-corrected chi connectivity index (χ0v) is 13.0. The topological polar surface area (TPSA) is 50.8 Å². The summed E-state index contributed by atoms with van der Waals surface area (Å²) in [5.41, 5.74) is 2.73. The first kappa shape index (κ1) is 15.6. The highest BCUT2D eigenvalue weighted by atomic mass is 16.7. The first-order valence-electron chi connectivity index (χ1n) is 7.83. The van der Waals surface area contributed by atoms with Gasteiger partial charge in [0.05, 0.1) is 12.1 Å². The van der Waals surface area contributed by atoms with Crippen LogP contribution in [0.15, 0.2) is 0 Å². The van der Waals surface area contributed by atoms with Crippen molar-refractivity contribution in [3.8, 4) is 0 Å². The third kappa shape index (κ3) is 4.94. The van der Waals surface area contributed by atoms with Crippen molar-refractivity contribution < 1.29 is 14.4 Å². The van der Waals surface area contributed by atoms with Crippen molar-refractivity contribution in [2.45, 2.75) is 77.0 Å². The third-order valence-corrected chi connectivity index (χ3v) is 3.78. The molecule has 1 N–H and O–H groups in total. The molecule has 0 spiro atoms. The van der Waals surface area contributed by atoms with Crippen molar-refractivity contribution in [1.82, 2.24) is 10.4 Å². The van der Waals surface area contributed by atoms with Crippen molar-refractivity contribution in [1.29, 1.82) is 0 Å². The van der Waals surface area contributed by atoms with Crippen LogP contribution in [0.25, 0.3) is 0 Å². The average Bonchev–Trinajstić information content (AvgIpc) is 2.88. The van der Waals surface area contributed by atoms with Crippen LogP contribution in [0.5, 0.6) is 0 Å². The fraction of sp³-hybridized carbons (Fsp3) is 0.933. The van der Waals surface area contributed by atoms with Gasteiger partial charge in [-0.2, -0.15) is 5.48 Å². The first-order chi connectivity index (χ1) is 9.44. The van der Waals surface area contributed by atoms with Crippen molar-refractivity contribution in [3.05, 3.63) is 0 Å². The Hall–Kier alpha value is -0.810. The quantitative estimate of drug-likeness (QED) is 0.810. The maximum absolute atomic E-state index is 12.1. The number of hydrogen-bond donors (Lipinski definition) is 1. The minimum atomic E-state index is -0.433. The zero-order chi connectivity index (χ0) is 14.6. The van der Waals surface area contributed by atoms with Crippen LogP contribution in [0.1, 0.15) is 59.3 Å². The van der Waals surface area contributed by atoms with E-state index in [-0.39, 0.29) is 12.1 Å². The lowest BCUT2D eigenvalue weighted by Crippen LogP contribution is -2.49. The Labute approximate surface area is 121 Å². The summed E-state index contributed by atoms with van der Waals surface area (Å²) < 4.78 is 5.42. The standard InChI is InChI=1S/C15H28N2O3/c1-15(2,3)19-14(18)17-10-6-7-12(11-17)16-20-13-8-4-5-9-13/h12-13,16H,4-11H2,1-3H3. The number of amides is 1. The van der Waals surface area contributed by atoms with E-state index in [0.717, 1.165) is 32.2 Å². The lowest BCUT2D eigenvalue weighted by molar-refractivity contribution is -0.0543. The monoisotopic (exact) mass is 284 g/mol. The molecule has 1 heterocycles. The summed E-state index contributed by atoms with van der Waals surface area (Å²) in [6, 6.07) is 0.219. The van der Waals surface area contributed by atoms with Crippen LogP contribution >= 0.6 is 0 Å². The van der Waals surface area contributed by atoms with Crippen LogP contribution in [0.3, 0.4) is 0 Å². The predicted molar refractivity (Wildman–Crippen MR) is 77.3 cm³/mol. The number of rotatable bonds is 3. The summed E-state index contributed by atoms with van der Waals surface area (Å²) in [7, 11) is 0.